The number of ether oxygens (including phenoxy) is 1. The van der Waals surface area contributed by atoms with E-state index in [1.54, 1.807) is 17.7 Å². The summed E-state index contributed by atoms with van der Waals surface area (Å²) >= 11 is 1.28. The Bertz CT molecular complexity index is 1320. The van der Waals surface area contributed by atoms with Gasteiger partial charge in [0.05, 0.1) is 29.8 Å². The largest absolute Gasteiger partial charge is 0.496 e. The maximum absolute atomic E-state index is 13.3. The molecule has 0 saturated heterocycles. The molecule has 0 aliphatic carbocycles. The Kier molecular flexibility index (Phi) is 7.10. The molecule has 1 unspecified atom stereocenters. The van der Waals surface area contributed by atoms with Crippen LogP contribution in [0.1, 0.15) is 18.1 Å². The van der Waals surface area contributed by atoms with Crippen molar-refractivity contribution in [1.82, 2.24) is 14.9 Å². The summed E-state index contributed by atoms with van der Waals surface area (Å²) in [5.74, 6) is 0.588. The predicted octanol–water partition coefficient (Wildman–Crippen LogP) is 4.25. The predicted molar refractivity (Wildman–Crippen MR) is 132 cm³/mol. The maximum Gasteiger partial charge on any atom is 0.262 e. The summed E-state index contributed by atoms with van der Waals surface area (Å²) in [6.07, 6.45) is 0. The number of methoxy groups -OCH3 is 1. The molecule has 7 heteroatoms. The van der Waals surface area contributed by atoms with Crippen LogP contribution in [0.25, 0.3) is 10.9 Å². The summed E-state index contributed by atoms with van der Waals surface area (Å²) in [5.41, 5.74) is 2.40. The van der Waals surface area contributed by atoms with E-state index >= 15 is 0 Å². The van der Waals surface area contributed by atoms with Gasteiger partial charge in [0, 0.05) is 12.1 Å². The molecular formula is C26H25N3O3S. The first-order valence-corrected chi connectivity index (χ1v) is 11.5. The smallest absolute Gasteiger partial charge is 0.262 e. The quantitative estimate of drug-likeness (QED) is 0.315. The van der Waals surface area contributed by atoms with Crippen molar-refractivity contribution < 1.29 is 9.53 Å². The molecule has 1 aromatic heterocycles. The molecule has 4 rings (SSSR count). The summed E-state index contributed by atoms with van der Waals surface area (Å²) in [4.78, 5) is 30.9. The molecule has 0 bridgehead atoms. The van der Waals surface area contributed by atoms with Crippen LogP contribution in [-0.4, -0.2) is 27.8 Å². The molecular weight excluding hydrogens is 434 g/mol. The number of carbonyl (C=O) groups excluding carboxylic acids is 1. The highest BCUT2D eigenvalue weighted by atomic mass is 32.2. The fraction of sp³-hybridized carbons (Fsp3) is 0.192. The minimum atomic E-state index is -0.449. The third-order valence-corrected chi connectivity index (χ3v) is 6.40. The second-order valence-electron chi connectivity index (χ2n) is 7.58. The summed E-state index contributed by atoms with van der Waals surface area (Å²) in [7, 11) is 1.61. The van der Waals surface area contributed by atoms with Crippen LogP contribution in [0.4, 0.5) is 0 Å². The van der Waals surface area contributed by atoms with Gasteiger partial charge >= 0.3 is 0 Å². The molecule has 3 aromatic carbocycles. The number of fused-ring (bicyclic) bond motifs is 1. The van der Waals surface area contributed by atoms with Gasteiger partial charge in [0.1, 0.15) is 5.75 Å². The van der Waals surface area contributed by atoms with Gasteiger partial charge in [0.25, 0.3) is 5.56 Å². The second kappa shape index (κ2) is 10.4. The Morgan fingerprint density at radius 3 is 2.52 bits per heavy atom. The van der Waals surface area contributed by atoms with E-state index in [9.17, 15) is 9.59 Å². The first kappa shape index (κ1) is 22.6. The Hall–Kier alpha value is -3.58. The van der Waals surface area contributed by atoms with Crippen molar-refractivity contribution in [2.45, 2.75) is 30.4 Å². The third kappa shape index (κ3) is 5.26. The van der Waals surface area contributed by atoms with Gasteiger partial charge in [-0.1, -0.05) is 72.4 Å². The van der Waals surface area contributed by atoms with Gasteiger partial charge in [0.2, 0.25) is 5.91 Å². The minimum absolute atomic E-state index is 0.117. The number of nitrogens with zero attached hydrogens (tertiary/aromatic N) is 2. The van der Waals surface area contributed by atoms with E-state index in [1.807, 2.05) is 79.7 Å². The van der Waals surface area contributed by atoms with Crippen LogP contribution in [0.15, 0.2) is 88.8 Å². The van der Waals surface area contributed by atoms with Crippen molar-refractivity contribution in [2.75, 3.05) is 7.11 Å². The molecule has 168 valence electrons. The summed E-state index contributed by atoms with van der Waals surface area (Å²) in [6, 6.07) is 24.6. The number of nitrogens with one attached hydrogen (secondary N) is 1. The van der Waals surface area contributed by atoms with Crippen LogP contribution in [0, 0.1) is 0 Å². The number of hydrogen-bond acceptors (Lipinski definition) is 5. The van der Waals surface area contributed by atoms with Crippen molar-refractivity contribution in [3.8, 4) is 5.75 Å². The van der Waals surface area contributed by atoms with E-state index in [4.69, 9.17) is 9.72 Å². The molecule has 4 aromatic rings. The number of hydrogen-bond donors (Lipinski definition) is 1. The van der Waals surface area contributed by atoms with E-state index < -0.39 is 5.25 Å². The zero-order valence-corrected chi connectivity index (χ0v) is 19.3. The highest BCUT2D eigenvalue weighted by Crippen LogP contribution is 2.24. The summed E-state index contributed by atoms with van der Waals surface area (Å²) in [6.45, 7) is 2.56. The minimum Gasteiger partial charge on any atom is -0.496 e. The number of benzene rings is 3. The van der Waals surface area contributed by atoms with Crippen LogP contribution in [0.5, 0.6) is 5.75 Å². The lowest BCUT2D eigenvalue weighted by molar-refractivity contribution is -0.120. The van der Waals surface area contributed by atoms with E-state index in [0.717, 1.165) is 16.9 Å². The molecule has 0 aliphatic heterocycles. The van der Waals surface area contributed by atoms with Crippen LogP contribution < -0.4 is 15.6 Å². The average Bonchev–Trinajstić information content (AvgIpc) is 2.85. The number of amides is 1. The van der Waals surface area contributed by atoms with Gasteiger partial charge in [0.15, 0.2) is 5.16 Å². The van der Waals surface area contributed by atoms with Crippen LogP contribution >= 0.6 is 11.8 Å². The lowest BCUT2D eigenvalue weighted by Crippen LogP contribution is -2.32. The van der Waals surface area contributed by atoms with E-state index in [-0.39, 0.29) is 11.5 Å². The normalized spacial score (nSPS) is 11.8. The van der Waals surface area contributed by atoms with Gasteiger partial charge in [-0.15, -0.1) is 0 Å². The Morgan fingerprint density at radius 2 is 1.73 bits per heavy atom. The summed E-state index contributed by atoms with van der Waals surface area (Å²) < 4.78 is 7.00. The Morgan fingerprint density at radius 1 is 1.03 bits per heavy atom. The van der Waals surface area contributed by atoms with Crippen molar-refractivity contribution in [3.05, 3.63) is 100 Å². The zero-order valence-electron chi connectivity index (χ0n) is 18.5. The fourth-order valence-electron chi connectivity index (χ4n) is 3.53. The fourth-order valence-corrected chi connectivity index (χ4v) is 4.46. The standard InChI is InChI=1S/C26H25N3O3S/c1-18(24(30)27-16-20-12-6-9-15-23(20)32-2)33-26-28-22-14-8-7-13-21(22)25(31)29(26)17-19-10-4-3-5-11-19/h3-15,18H,16-17H2,1-2H3,(H,27,30). The van der Waals surface area contributed by atoms with Gasteiger partial charge in [-0.25, -0.2) is 4.98 Å². The lowest BCUT2D eigenvalue weighted by Gasteiger charge is -2.17. The summed E-state index contributed by atoms with van der Waals surface area (Å²) in [5, 5.41) is 3.59. The number of para-hydroxylation sites is 2. The molecule has 6 nitrogen and oxygen atoms in total. The van der Waals surface area contributed by atoms with Crippen LogP contribution in [-0.2, 0) is 17.9 Å². The Balaban J connectivity index is 1.58. The number of carbonyl (C=O) groups is 1. The first-order valence-electron chi connectivity index (χ1n) is 10.7. The maximum atomic E-state index is 13.3. The van der Waals surface area contributed by atoms with Crippen molar-refractivity contribution in [1.29, 1.82) is 0 Å². The molecule has 0 radical (unpaired) electrons. The molecule has 0 aliphatic rings. The van der Waals surface area contributed by atoms with Gasteiger partial charge < -0.3 is 10.1 Å². The van der Waals surface area contributed by atoms with Crippen molar-refractivity contribution in [3.63, 3.8) is 0 Å². The van der Waals surface area contributed by atoms with Crippen molar-refractivity contribution in [2.24, 2.45) is 0 Å². The van der Waals surface area contributed by atoms with Gasteiger partial charge in [-0.05, 0) is 30.7 Å². The average molecular weight is 460 g/mol. The molecule has 0 saturated carbocycles. The highest BCUT2D eigenvalue weighted by Gasteiger charge is 2.20. The van der Waals surface area contributed by atoms with Crippen molar-refractivity contribution >= 4 is 28.6 Å². The van der Waals surface area contributed by atoms with Crippen LogP contribution in [0.3, 0.4) is 0 Å². The van der Waals surface area contributed by atoms with E-state index in [0.29, 0.717) is 29.1 Å². The van der Waals surface area contributed by atoms with E-state index in [1.165, 1.54) is 11.8 Å². The molecule has 1 N–H and O–H groups in total. The van der Waals surface area contributed by atoms with E-state index in [2.05, 4.69) is 5.32 Å². The molecule has 0 fully saturated rings. The lowest BCUT2D eigenvalue weighted by atomic mass is 10.2. The third-order valence-electron chi connectivity index (χ3n) is 5.31. The number of aromatic nitrogens is 2. The van der Waals surface area contributed by atoms with Gasteiger partial charge in [-0.2, -0.15) is 0 Å². The highest BCUT2D eigenvalue weighted by molar-refractivity contribution is 8.00. The monoisotopic (exact) mass is 459 g/mol. The molecule has 33 heavy (non-hydrogen) atoms. The topological polar surface area (TPSA) is 73.2 Å². The molecule has 1 amide bonds. The SMILES string of the molecule is COc1ccccc1CNC(=O)C(C)Sc1nc2ccccc2c(=O)n1Cc1ccccc1. The first-order chi connectivity index (χ1) is 16.1. The van der Waals surface area contributed by atoms with Crippen LogP contribution in [0.2, 0.25) is 0 Å². The molecule has 0 spiro atoms. The molecule has 1 heterocycles. The Labute approximate surface area is 196 Å². The van der Waals surface area contributed by atoms with Gasteiger partial charge in [-0.3, -0.25) is 14.2 Å². The number of rotatable bonds is 8. The number of thioether (sulfide) groups is 1. The second-order valence-corrected chi connectivity index (χ2v) is 8.89. The zero-order chi connectivity index (χ0) is 23.2. The molecule has 1 atom stereocenters.